The van der Waals surface area contributed by atoms with Crippen LogP contribution in [0.4, 0.5) is 0 Å². The number of benzene rings is 1. The lowest BCUT2D eigenvalue weighted by molar-refractivity contribution is 0.0661. The fraction of sp³-hybridized carbons (Fsp3) is 0.412. The van der Waals surface area contributed by atoms with Crippen LogP contribution in [-0.4, -0.2) is 16.1 Å². The molecule has 2 aromatic rings. The quantitative estimate of drug-likeness (QED) is 0.917. The molecule has 1 aromatic heterocycles. The molecule has 0 radical (unpaired) electrons. The summed E-state index contributed by atoms with van der Waals surface area (Å²) < 4.78 is 5.55. The molecule has 0 unspecified atom stereocenters. The molecule has 112 valence electrons. The number of aryl methyl sites for hydroxylation is 3. The Morgan fingerprint density at radius 1 is 1.24 bits per heavy atom. The summed E-state index contributed by atoms with van der Waals surface area (Å²) in [6.07, 6.45) is 0.592. The van der Waals surface area contributed by atoms with Crippen LogP contribution in [0.3, 0.4) is 0 Å². The van der Waals surface area contributed by atoms with Gasteiger partial charge in [-0.25, -0.2) is 9.78 Å². The Hall–Kier alpha value is -2.10. The van der Waals surface area contributed by atoms with Gasteiger partial charge in [-0.3, -0.25) is 0 Å². The molecule has 2 rings (SSSR count). The zero-order valence-electron chi connectivity index (χ0n) is 13.2. The Labute approximate surface area is 124 Å². The van der Waals surface area contributed by atoms with Gasteiger partial charge in [0, 0.05) is 5.56 Å². The second-order valence-corrected chi connectivity index (χ2v) is 5.97. The average molecular weight is 287 g/mol. The summed E-state index contributed by atoms with van der Waals surface area (Å²) in [4.78, 5) is 15.8. The molecule has 0 amide bonds. The van der Waals surface area contributed by atoms with Crippen LogP contribution in [0.5, 0.6) is 0 Å². The van der Waals surface area contributed by atoms with E-state index >= 15 is 0 Å². The first-order valence-corrected chi connectivity index (χ1v) is 7.10. The number of aromatic nitrogens is 1. The zero-order valence-corrected chi connectivity index (χ0v) is 13.2. The lowest BCUT2D eigenvalue weighted by atomic mass is 10.00. The number of oxazole rings is 1. The van der Waals surface area contributed by atoms with Gasteiger partial charge >= 0.3 is 5.97 Å². The van der Waals surface area contributed by atoms with Gasteiger partial charge in [0.2, 0.25) is 11.7 Å². The predicted molar refractivity (Wildman–Crippen MR) is 81.7 cm³/mol. The van der Waals surface area contributed by atoms with Crippen LogP contribution < -0.4 is 0 Å². The third-order valence-electron chi connectivity index (χ3n) is 3.38. The second kappa shape index (κ2) is 5.72. The molecule has 1 N–H and O–H groups in total. The SMILES string of the molecule is Cc1cc(C)c(-c2nc(CC(C)C)c(C(=O)O)o2)c(C)c1. The smallest absolute Gasteiger partial charge is 0.373 e. The minimum absolute atomic E-state index is 0.0434. The summed E-state index contributed by atoms with van der Waals surface area (Å²) in [5, 5.41) is 9.29. The van der Waals surface area contributed by atoms with Gasteiger partial charge in [0.15, 0.2) is 0 Å². The summed E-state index contributed by atoms with van der Waals surface area (Å²) in [7, 11) is 0. The molecule has 0 saturated heterocycles. The Kier molecular flexibility index (Phi) is 4.16. The molecule has 0 aliphatic heterocycles. The summed E-state index contributed by atoms with van der Waals surface area (Å²) in [5.74, 6) is -0.385. The summed E-state index contributed by atoms with van der Waals surface area (Å²) >= 11 is 0. The van der Waals surface area contributed by atoms with Gasteiger partial charge in [-0.15, -0.1) is 0 Å². The lowest BCUT2D eigenvalue weighted by Crippen LogP contribution is -2.03. The van der Waals surface area contributed by atoms with E-state index in [0.29, 0.717) is 23.9 Å². The zero-order chi connectivity index (χ0) is 15.7. The highest BCUT2D eigenvalue weighted by atomic mass is 16.4. The van der Waals surface area contributed by atoms with E-state index in [2.05, 4.69) is 17.1 Å². The van der Waals surface area contributed by atoms with E-state index in [1.54, 1.807) is 0 Å². The van der Waals surface area contributed by atoms with Crippen molar-refractivity contribution in [3.63, 3.8) is 0 Å². The van der Waals surface area contributed by atoms with Crippen molar-refractivity contribution in [3.8, 4) is 11.5 Å². The number of carboxylic acid groups (broad SMARTS) is 1. The Balaban J connectivity index is 2.58. The number of rotatable bonds is 4. The molecule has 0 aliphatic carbocycles. The van der Waals surface area contributed by atoms with E-state index < -0.39 is 5.97 Å². The predicted octanol–water partition coefficient (Wildman–Crippen LogP) is 4.16. The average Bonchev–Trinajstić information content (AvgIpc) is 2.70. The first-order chi connectivity index (χ1) is 9.79. The molecule has 0 aliphatic rings. The molecule has 1 aromatic carbocycles. The molecule has 1 heterocycles. The fourth-order valence-electron chi connectivity index (χ4n) is 2.67. The van der Waals surface area contributed by atoms with Crippen molar-refractivity contribution in [1.82, 2.24) is 4.98 Å². The summed E-state index contributed by atoms with van der Waals surface area (Å²) in [6.45, 7) is 10.1. The van der Waals surface area contributed by atoms with Crippen LogP contribution in [0.2, 0.25) is 0 Å². The first kappa shape index (κ1) is 15.3. The highest BCUT2D eigenvalue weighted by Crippen LogP contribution is 2.30. The summed E-state index contributed by atoms with van der Waals surface area (Å²) in [6, 6.07) is 4.10. The molecule has 0 atom stereocenters. The van der Waals surface area contributed by atoms with Gasteiger partial charge in [0.1, 0.15) is 0 Å². The Morgan fingerprint density at radius 3 is 2.29 bits per heavy atom. The first-order valence-electron chi connectivity index (χ1n) is 7.10. The van der Waals surface area contributed by atoms with E-state index in [1.165, 1.54) is 5.56 Å². The highest BCUT2D eigenvalue weighted by Gasteiger charge is 2.22. The van der Waals surface area contributed by atoms with Crippen molar-refractivity contribution >= 4 is 5.97 Å². The molecule has 0 bridgehead atoms. The van der Waals surface area contributed by atoms with Gasteiger partial charge in [0.05, 0.1) is 5.69 Å². The molecular formula is C17H21NO3. The highest BCUT2D eigenvalue weighted by molar-refractivity contribution is 5.86. The number of hydrogen-bond acceptors (Lipinski definition) is 3. The minimum Gasteiger partial charge on any atom is -0.475 e. The molecule has 4 heteroatoms. The van der Waals surface area contributed by atoms with E-state index in [4.69, 9.17) is 4.42 Å². The maximum atomic E-state index is 11.3. The van der Waals surface area contributed by atoms with E-state index in [0.717, 1.165) is 16.7 Å². The lowest BCUT2D eigenvalue weighted by Gasteiger charge is -2.07. The van der Waals surface area contributed by atoms with E-state index in [-0.39, 0.29) is 5.76 Å². The maximum absolute atomic E-state index is 11.3. The van der Waals surface area contributed by atoms with Crippen LogP contribution in [-0.2, 0) is 6.42 Å². The van der Waals surface area contributed by atoms with Crippen LogP contribution in [0, 0.1) is 26.7 Å². The molecular weight excluding hydrogens is 266 g/mol. The third-order valence-corrected chi connectivity index (χ3v) is 3.38. The number of hydrogen-bond donors (Lipinski definition) is 1. The molecule has 0 spiro atoms. The van der Waals surface area contributed by atoms with Crippen molar-refractivity contribution in [2.45, 2.75) is 41.0 Å². The molecule has 4 nitrogen and oxygen atoms in total. The van der Waals surface area contributed by atoms with Crippen molar-refractivity contribution in [3.05, 3.63) is 40.3 Å². The number of carbonyl (C=O) groups is 1. The minimum atomic E-state index is -1.06. The van der Waals surface area contributed by atoms with Crippen LogP contribution in [0.15, 0.2) is 16.5 Å². The van der Waals surface area contributed by atoms with Crippen molar-refractivity contribution < 1.29 is 14.3 Å². The van der Waals surface area contributed by atoms with E-state index in [9.17, 15) is 9.90 Å². The van der Waals surface area contributed by atoms with Crippen molar-refractivity contribution in [2.75, 3.05) is 0 Å². The van der Waals surface area contributed by atoms with Gasteiger partial charge < -0.3 is 9.52 Å². The maximum Gasteiger partial charge on any atom is 0.373 e. The number of aromatic carboxylic acids is 1. The monoisotopic (exact) mass is 287 g/mol. The van der Waals surface area contributed by atoms with Crippen LogP contribution in [0.25, 0.3) is 11.5 Å². The molecule has 0 fully saturated rings. The fourth-order valence-corrected chi connectivity index (χ4v) is 2.67. The van der Waals surface area contributed by atoms with Crippen LogP contribution in [0.1, 0.15) is 46.8 Å². The Morgan fingerprint density at radius 2 is 1.81 bits per heavy atom. The van der Waals surface area contributed by atoms with Crippen LogP contribution >= 0.6 is 0 Å². The topological polar surface area (TPSA) is 63.3 Å². The van der Waals surface area contributed by atoms with Gasteiger partial charge in [-0.05, 0) is 44.2 Å². The number of nitrogens with zero attached hydrogens (tertiary/aromatic N) is 1. The number of carboxylic acids is 1. The van der Waals surface area contributed by atoms with Gasteiger partial charge in [-0.1, -0.05) is 31.5 Å². The molecule has 0 saturated carbocycles. The standard InChI is InChI=1S/C17H21NO3/c1-9(2)6-13-15(17(19)20)21-16(18-13)14-11(4)7-10(3)8-12(14)5/h7-9H,6H2,1-5H3,(H,19,20). The van der Waals surface area contributed by atoms with Crippen molar-refractivity contribution in [1.29, 1.82) is 0 Å². The second-order valence-electron chi connectivity index (χ2n) is 5.97. The van der Waals surface area contributed by atoms with Crippen molar-refractivity contribution in [2.24, 2.45) is 5.92 Å². The van der Waals surface area contributed by atoms with Gasteiger partial charge in [0.25, 0.3) is 0 Å². The normalized spacial score (nSPS) is 11.1. The van der Waals surface area contributed by atoms with Gasteiger partial charge in [-0.2, -0.15) is 0 Å². The molecule has 21 heavy (non-hydrogen) atoms. The third kappa shape index (κ3) is 3.15. The Bertz CT molecular complexity index is 660. The largest absolute Gasteiger partial charge is 0.475 e. The summed E-state index contributed by atoms with van der Waals surface area (Å²) in [5.41, 5.74) is 4.66. The van der Waals surface area contributed by atoms with E-state index in [1.807, 2.05) is 34.6 Å².